The minimum Gasteiger partial charge on any atom is -0.375 e. The summed E-state index contributed by atoms with van der Waals surface area (Å²) in [5.41, 5.74) is 2.61. The third kappa shape index (κ3) is 3.80. The van der Waals surface area contributed by atoms with Crippen LogP contribution < -0.4 is 0 Å². The van der Waals surface area contributed by atoms with Crippen molar-refractivity contribution < 1.29 is 14.3 Å². The summed E-state index contributed by atoms with van der Waals surface area (Å²) in [4.78, 5) is 27.7. The van der Waals surface area contributed by atoms with Gasteiger partial charge in [0.2, 0.25) is 0 Å². The molecule has 1 amide bonds. The van der Waals surface area contributed by atoms with E-state index in [9.17, 15) is 9.59 Å². The highest BCUT2D eigenvalue weighted by Crippen LogP contribution is 2.19. The molecule has 2 aromatic rings. The molecule has 130 valence electrons. The maximum atomic E-state index is 13.0. The molecule has 1 heterocycles. The van der Waals surface area contributed by atoms with Crippen LogP contribution in [0, 0.1) is 6.92 Å². The van der Waals surface area contributed by atoms with Crippen molar-refractivity contribution in [2.45, 2.75) is 26.4 Å². The van der Waals surface area contributed by atoms with Crippen LogP contribution in [0.2, 0.25) is 0 Å². The molecule has 25 heavy (non-hydrogen) atoms. The number of rotatable bonds is 4. The Balaban J connectivity index is 1.89. The lowest BCUT2D eigenvalue weighted by atomic mass is 9.97. The van der Waals surface area contributed by atoms with E-state index in [1.54, 1.807) is 41.3 Å². The number of amides is 1. The van der Waals surface area contributed by atoms with Crippen molar-refractivity contribution in [3.63, 3.8) is 0 Å². The Bertz CT molecular complexity index is 767. The maximum Gasteiger partial charge on any atom is 0.254 e. The molecule has 0 spiro atoms. The Hall–Kier alpha value is -2.46. The number of morpholine rings is 1. The van der Waals surface area contributed by atoms with Gasteiger partial charge < -0.3 is 9.64 Å². The first-order chi connectivity index (χ1) is 12.1. The summed E-state index contributed by atoms with van der Waals surface area (Å²) in [6.07, 6.45) is 0.936. The highest BCUT2D eigenvalue weighted by molar-refractivity contribution is 6.15. The molecule has 0 bridgehead atoms. The van der Waals surface area contributed by atoms with E-state index in [2.05, 4.69) is 0 Å². The quantitative estimate of drug-likeness (QED) is 0.803. The Morgan fingerprint density at radius 2 is 1.76 bits per heavy atom. The second-order valence-corrected chi connectivity index (χ2v) is 6.39. The summed E-state index contributed by atoms with van der Waals surface area (Å²) in [6.45, 7) is 5.70. The van der Waals surface area contributed by atoms with Gasteiger partial charge in [0.25, 0.3) is 5.91 Å². The third-order valence-corrected chi connectivity index (χ3v) is 4.60. The normalized spacial score (nSPS) is 17.4. The van der Waals surface area contributed by atoms with Crippen LogP contribution in [0.1, 0.15) is 45.2 Å². The summed E-state index contributed by atoms with van der Waals surface area (Å²) >= 11 is 0. The van der Waals surface area contributed by atoms with E-state index in [0.29, 0.717) is 36.4 Å². The molecular weight excluding hydrogens is 314 g/mol. The number of benzene rings is 2. The Morgan fingerprint density at radius 1 is 1.08 bits per heavy atom. The second-order valence-electron chi connectivity index (χ2n) is 6.39. The fourth-order valence-corrected chi connectivity index (χ4v) is 3.05. The minimum absolute atomic E-state index is 0.0673. The third-order valence-electron chi connectivity index (χ3n) is 4.60. The zero-order chi connectivity index (χ0) is 17.8. The van der Waals surface area contributed by atoms with Crippen molar-refractivity contribution >= 4 is 11.7 Å². The predicted molar refractivity (Wildman–Crippen MR) is 97.0 cm³/mol. The predicted octanol–water partition coefficient (Wildman–Crippen LogP) is 3.48. The molecule has 3 rings (SSSR count). The average molecular weight is 337 g/mol. The van der Waals surface area contributed by atoms with Crippen LogP contribution in [-0.2, 0) is 4.74 Å². The smallest absolute Gasteiger partial charge is 0.254 e. The van der Waals surface area contributed by atoms with Crippen LogP contribution >= 0.6 is 0 Å². The summed E-state index contributed by atoms with van der Waals surface area (Å²) in [5, 5.41) is 0. The highest BCUT2D eigenvalue weighted by Gasteiger charge is 2.27. The molecular formula is C21H23NO3. The first-order valence-electron chi connectivity index (χ1n) is 8.71. The van der Waals surface area contributed by atoms with E-state index in [0.717, 1.165) is 12.0 Å². The number of hydrogen-bond acceptors (Lipinski definition) is 3. The van der Waals surface area contributed by atoms with Crippen LogP contribution in [-0.4, -0.2) is 42.4 Å². The topological polar surface area (TPSA) is 46.6 Å². The minimum atomic E-state index is -0.121. The number of carbonyl (C=O) groups excluding carboxylic acids is 2. The molecule has 0 aliphatic carbocycles. The first kappa shape index (κ1) is 17.4. The average Bonchev–Trinajstić information content (AvgIpc) is 2.67. The van der Waals surface area contributed by atoms with Crippen molar-refractivity contribution in [2.75, 3.05) is 19.7 Å². The molecule has 1 saturated heterocycles. The van der Waals surface area contributed by atoms with Crippen LogP contribution in [0.5, 0.6) is 0 Å². The molecule has 1 atom stereocenters. The Morgan fingerprint density at radius 3 is 2.44 bits per heavy atom. The molecule has 0 saturated carbocycles. The lowest BCUT2D eigenvalue weighted by Gasteiger charge is -2.32. The SMILES string of the molecule is CC[C@H]1CN(C(=O)c2ccccc2C(=O)c2ccc(C)cc2)CCO1. The Kier molecular flexibility index (Phi) is 5.29. The molecule has 1 fully saturated rings. The number of ketones is 1. The van der Waals surface area contributed by atoms with Crippen molar-refractivity contribution in [1.29, 1.82) is 0 Å². The van der Waals surface area contributed by atoms with Gasteiger partial charge in [0.15, 0.2) is 5.78 Å². The standard InChI is InChI=1S/C21H23NO3/c1-3-17-14-22(12-13-25-17)21(24)19-7-5-4-6-18(19)20(23)16-10-8-15(2)9-11-16/h4-11,17H,3,12-14H2,1-2H3/t17-/m0/s1. The van der Waals surface area contributed by atoms with Gasteiger partial charge >= 0.3 is 0 Å². The van der Waals surface area contributed by atoms with Gasteiger partial charge in [-0.15, -0.1) is 0 Å². The van der Waals surface area contributed by atoms with Gasteiger partial charge in [-0.3, -0.25) is 9.59 Å². The van der Waals surface area contributed by atoms with E-state index < -0.39 is 0 Å². The van der Waals surface area contributed by atoms with Gasteiger partial charge in [-0.1, -0.05) is 55.0 Å². The summed E-state index contributed by atoms with van der Waals surface area (Å²) in [7, 11) is 0. The number of hydrogen-bond donors (Lipinski definition) is 0. The fraction of sp³-hybridized carbons (Fsp3) is 0.333. The van der Waals surface area contributed by atoms with Crippen LogP contribution in [0.4, 0.5) is 0 Å². The van der Waals surface area contributed by atoms with Gasteiger partial charge in [0.05, 0.1) is 18.3 Å². The van der Waals surface area contributed by atoms with Gasteiger partial charge in [0, 0.05) is 24.2 Å². The maximum absolute atomic E-state index is 13.0. The molecule has 0 radical (unpaired) electrons. The van der Waals surface area contributed by atoms with Crippen molar-refractivity contribution in [3.8, 4) is 0 Å². The number of nitrogens with zero attached hydrogens (tertiary/aromatic N) is 1. The molecule has 0 aromatic heterocycles. The van der Waals surface area contributed by atoms with Crippen molar-refractivity contribution in [2.24, 2.45) is 0 Å². The van der Waals surface area contributed by atoms with Crippen LogP contribution in [0.15, 0.2) is 48.5 Å². The monoisotopic (exact) mass is 337 g/mol. The van der Waals surface area contributed by atoms with E-state index >= 15 is 0 Å². The summed E-state index contributed by atoms with van der Waals surface area (Å²) in [6, 6.07) is 14.5. The molecule has 4 nitrogen and oxygen atoms in total. The number of carbonyl (C=O) groups is 2. The number of aryl methyl sites for hydroxylation is 1. The first-order valence-corrected chi connectivity index (χ1v) is 8.71. The van der Waals surface area contributed by atoms with E-state index in [1.807, 2.05) is 26.0 Å². The molecule has 0 unspecified atom stereocenters. The van der Waals surface area contributed by atoms with E-state index in [4.69, 9.17) is 4.74 Å². The fourth-order valence-electron chi connectivity index (χ4n) is 3.05. The molecule has 4 heteroatoms. The highest BCUT2D eigenvalue weighted by atomic mass is 16.5. The number of ether oxygens (including phenoxy) is 1. The van der Waals surface area contributed by atoms with E-state index in [1.165, 1.54) is 0 Å². The van der Waals surface area contributed by atoms with Gasteiger partial charge in [-0.05, 0) is 19.4 Å². The summed E-state index contributed by atoms with van der Waals surface area (Å²) < 4.78 is 5.64. The molecule has 1 aliphatic rings. The van der Waals surface area contributed by atoms with Crippen molar-refractivity contribution in [3.05, 3.63) is 70.8 Å². The molecule has 0 N–H and O–H groups in total. The van der Waals surface area contributed by atoms with Gasteiger partial charge in [0.1, 0.15) is 0 Å². The summed E-state index contributed by atoms with van der Waals surface area (Å²) in [5.74, 6) is -0.220. The lowest BCUT2D eigenvalue weighted by Crippen LogP contribution is -2.45. The zero-order valence-electron chi connectivity index (χ0n) is 14.7. The second kappa shape index (κ2) is 7.62. The van der Waals surface area contributed by atoms with Gasteiger partial charge in [-0.25, -0.2) is 0 Å². The molecule has 1 aliphatic heterocycles. The Labute approximate surface area is 148 Å². The van der Waals surface area contributed by atoms with Gasteiger partial charge in [-0.2, -0.15) is 0 Å². The largest absolute Gasteiger partial charge is 0.375 e. The molecule has 2 aromatic carbocycles. The lowest BCUT2D eigenvalue weighted by molar-refractivity contribution is -0.0226. The van der Waals surface area contributed by atoms with E-state index in [-0.39, 0.29) is 17.8 Å². The van der Waals surface area contributed by atoms with Crippen molar-refractivity contribution in [1.82, 2.24) is 4.90 Å². The van der Waals surface area contributed by atoms with Crippen LogP contribution in [0.3, 0.4) is 0 Å². The zero-order valence-corrected chi connectivity index (χ0v) is 14.7. The van der Waals surface area contributed by atoms with Crippen LogP contribution in [0.25, 0.3) is 0 Å².